The second kappa shape index (κ2) is 7.42. The van der Waals surface area contributed by atoms with Crippen molar-refractivity contribution < 1.29 is 9.32 Å². The molecule has 0 N–H and O–H groups in total. The molecule has 26 heavy (non-hydrogen) atoms. The van der Waals surface area contributed by atoms with Crippen LogP contribution in [0.4, 0.5) is 0 Å². The van der Waals surface area contributed by atoms with E-state index in [4.69, 9.17) is 4.52 Å². The first kappa shape index (κ1) is 17.7. The van der Waals surface area contributed by atoms with Crippen LogP contribution in [-0.2, 0) is 17.9 Å². The number of nitrogens with zero attached hydrogens (tertiary/aromatic N) is 7. The van der Waals surface area contributed by atoms with Crippen LogP contribution in [0.25, 0.3) is 11.4 Å². The fourth-order valence-electron chi connectivity index (χ4n) is 2.67. The molecule has 0 aliphatic heterocycles. The van der Waals surface area contributed by atoms with Crippen LogP contribution < -0.4 is 0 Å². The number of rotatable bonds is 6. The lowest BCUT2D eigenvalue weighted by atomic mass is 10.1. The molecule has 3 aromatic heterocycles. The summed E-state index contributed by atoms with van der Waals surface area (Å²) in [5.41, 5.74) is 0.814. The number of amides is 1. The summed E-state index contributed by atoms with van der Waals surface area (Å²) >= 11 is 0. The van der Waals surface area contributed by atoms with Gasteiger partial charge in [0.25, 0.3) is 0 Å². The highest BCUT2D eigenvalue weighted by molar-refractivity contribution is 5.78. The van der Waals surface area contributed by atoms with Gasteiger partial charge in [0, 0.05) is 25.0 Å². The third-order valence-electron chi connectivity index (χ3n) is 3.99. The molecule has 1 atom stereocenters. The fraction of sp³-hybridized carbons (Fsp3) is 0.412. The molecule has 0 unspecified atom stereocenters. The lowest BCUT2D eigenvalue weighted by Gasteiger charge is -2.20. The molecule has 0 radical (unpaired) electrons. The number of carbonyl (C=O) groups excluding carboxylic acids is 1. The Labute approximate surface area is 151 Å². The van der Waals surface area contributed by atoms with Gasteiger partial charge in [0.1, 0.15) is 11.6 Å². The SMILES string of the molecule is Cc1nc(C)n(C[C@@H](C)C(=O)N(C)Cc2nc(-c3ccncc3)no2)n1. The second-order valence-corrected chi connectivity index (χ2v) is 6.23. The number of carbonyl (C=O) groups is 1. The van der Waals surface area contributed by atoms with Crippen molar-refractivity contribution in [3.05, 3.63) is 42.1 Å². The first-order valence-electron chi connectivity index (χ1n) is 8.30. The van der Waals surface area contributed by atoms with E-state index in [2.05, 4.69) is 25.2 Å². The maximum absolute atomic E-state index is 12.6. The molecule has 0 bridgehead atoms. The molecule has 0 aliphatic carbocycles. The lowest BCUT2D eigenvalue weighted by Crippen LogP contribution is -2.33. The van der Waals surface area contributed by atoms with Crippen LogP contribution in [0.15, 0.2) is 29.0 Å². The average Bonchev–Trinajstić information content (AvgIpc) is 3.21. The third kappa shape index (κ3) is 3.93. The largest absolute Gasteiger partial charge is 0.337 e. The summed E-state index contributed by atoms with van der Waals surface area (Å²) in [6.45, 7) is 6.29. The minimum atomic E-state index is -0.248. The lowest BCUT2D eigenvalue weighted by molar-refractivity contribution is -0.135. The zero-order chi connectivity index (χ0) is 18.7. The van der Waals surface area contributed by atoms with Crippen molar-refractivity contribution in [2.75, 3.05) is 7.05 Å². The van der Waals surface area contributed by atoms with Gasteiger partial charge in [-0.1, -0.05) is 12.1 Å². The maximum Gasteiger partial charge on any atom is 0.246 e. The minimum Gasteiger partial charge on any atom is -0.337 e. The second-order valence-electron chi connectivity index (χ2n) is 6.23. The summed E-state index contributed by atoms with van der Waals surface area (Å²) in [7, 11) is 1.72. The van der Waals surface area contributed by atoms with Gasteiger partial charge in [0.15, 0.2) is 0 Å². The van der Waals surface area contributed by atoms with Crippen molar-refractivity contribution in [1.29, 1.82) is 0 Å². The summed E-state index contributed by atoms with van der Waals surface area (Å²) in [4.78, 5) is 26.7. The van der Waals surface area contributed by atoms with E-state index in [0.29, 0.717) is 24.1 Å². The summed E-state index contributed by atoms with van der Waals surface area (Å²) in [5.74, 6) is 2.08. The molecule has 0 saturated heterocycles. The van der Waals surface area contributed by atoms with Crippen molar-refractivity contribution in [1.82, 2.24) is 34.8 Å². The molecule has 3 aromatic rings. The fourth-order valence-corrected chi connectivity index (χ4v) is 2.67. The van der Waals surface area contributed by atoms with Gasteiger partial charge >= 0.3 is 0 Å². The molecule has 9 nitrogen and oxygen atoms in total. The highest BCUT2D eigenvalue weighted by Gasteiger charge is 2.21. The molecular weight excluding hydrogens is 334 g/mol. The van der Waals surface area contributed by atoms with Crippen molar-refractivity contribution in [3.63, 3.8) is 0 Å². The Morgan fingerprint density at radius 3 is 2.65 bits per heavy atom. The Balaban J connectivity index is 1.62. The molecule has 3 rings (SSSR count). The van der Waals surface area contributed by atoms with E-state index in [1.807, 2.05) is 20.8 Å². The summed E-state index contributed by atoms with van der Waals surface area (Å²) < 4.78 is 7.01. The van der Waals surface area contributed by atoms with Crippen molar-refractivity contribution in [2.24, 2.45) is 5.92 Å². The summed E-state index contributed by atoms with van der Waals surface area (Å²) in [6, 6.07) is 3.60. The Morgan fingerprint density at radius 2 is 2.00 bits per heavy atom. The Hall–Kier alpha value is -3.10. The van der Waals surface area contributed by atoms with Crippen LogP contribution in [0, 0.1) is 19.8 Å². The molecule has 0 aromatic carbocycles. The predicted octanol–water partition coefficient (Wildman–Crippen LogP) is 1.63. The van der Waals surface area contributed by atoms with E-state index in [-0.39, 0.29) is 18.4 Å². The Morgan fingerprint density at radius 1 is 1.27 bits per heavy atom. The maximum atomic E-state index is 12.6. The summed E-state index contributed by atoms with van der Waals surface area (Å²) in [5, 5.41) is 8.25. The zero-order valence-electron chi connectivity index (χ0n) is 15.2. The molecule has 9 heteroatoms. The molecule has 0 spiro atoms. The van der Waals surface area contributed by atoms with Gasteiger partial charge in [-0.15, -0.1) is 0 Å². The van der Waals surface area contributed by atoms with E-state index in [9.17, 15) is 4.79 Å². The number of hydrogen-bond donors (Lipinski definition) is 0. The van der Waals surface area contributed by atoms with Gasteiger partial charge in [-0.25, -0.2) is 9.67 Å². The van der Waals surface area contributed by atoms with Crippen LogP contribution in [0.2, 0.25) is 0 Å². The predicted molar refractivity (Wildman–Crippen MR) is 92.7 cm³/mol. The molecule has 0 fully saturated rings. The quantitative estimate of drug-likeness (QED) is 0.662. The highest BCUT2D eigenvalue weighted by Crippen LogP contribution is 2.15. The number of pyridine rings is 1. The number of aryl methyl sites for hydroxylation is 2. The molecule has 0 saturated carbocycles. The number of aromatic nitrogens is 6. The monoisotopic (exact) mass is 355 g/mol. The van der Waals surface area contributed by atoms with Crippen LogP contribution >= 0.6 is 0 Å². The van der Waals surface area contributed by atoms with E-state index in [0.717, 1.165) is 11.4 Å². The Bertz CT molecular complexity index is 888. The van der Waals surface area contributed by atoms with Gasteiger partial charge in [0.2, 0.25) is 17.6 Å². The number of hydrogen-bond acceptors (Lipinski definition) is 7. The third-order valence-corrected chi connectivity index (χ3v) is 3.99. The molecule has 1 amide bonds. The highest BCUT2D eigenvalue weighted by atomic mass is 16.5. The average molecular weight is 355 g/mol. The van der Waals surface area contributed by atoms with Crippen LogP contribution in [0.1, 0.15) is 24.5 Å². The van der Waals surface area contributed by atoms with E-state index >= 15 is 0 Å². The van der Waals surface area contributed by atoms with Crippen LogP contribution in [0.5, 0.6) is 0 Å². The van der Waals surface area contributed by atoms with Gasteiger partial charge in [-0.3, -0.25) is 9.78 Å². The van der Waals surface area contributed by atoms with Crippen LogP contribution in [0.3, 0.4) is 0 Å². The molecule has 3 heterocycles. The van der Waals surface area contributed by atoms with Crippen molar-refractivity contribution in [3.8, 4) is 11.4 Å². The van der Waals surface area contributed by atoms with Crippen molar-refractivity contribution in [2.45, 2.75) is 33.9 Å². The van der Waals surface area contributed by atoms with E-state index < -0.39 is 0 Å². The summed E-state index contributed by atoms with van der Waals surface area (Å²) in [6.07, 6.45) is 3.33. The first-order valence-corrected chi connectivity index (χ1v) is 8.30. The van der Waals surface area contributed by atoms with Gasteiger partial charge in [-0.2, -0.15) is 10.1 Å². The normalized spacial score (nSPS) is 12.2. The first-order chi connectivity index (χ1) is 12.4. The zero-order valence-corrected chi connectivity index (χ0v) is 15.2. The molecule has 136 valence electrons. The van der Waals surface area contributed by atoms with Crippen molar-refractivity contribution >= 4 is 5.91 Å². The van der Waals surface area contributed by atoms with Gasteiger partial charge in [0.05, 0.1) is 19.0 Å². The molecular formula is C17H21N7O2. The standard InChI is InChI=1S/C17H21N7O2/c1-11(9-24-13(3)19-12(2)21-24)17(25)23(4)10-15-20-16(22-26-15)14-5-7-18-8-6-14/h5-8,11H,9-10H2,1-4H3/t11-/m1/s1. The Kier molecular flexibility index (Phi) is 5.06. The van der Waals surface area contributed by atoms with E-state index in [1.54, 1.807) is 41.2 Å². The van der Waals surface area contributed by atoms with Gasteiger partial charge in [-0.05, 0) is 26.0 Å². The smallest absolute Gasteiger partial charge is 0.246 e. The van der Waals surface area contributed by atoms with Crippen LogP contribution in [-0.4, -0.2) is 47.7 Å². The minimum absolute atomic E-state index is 0.0267. The van der Waals surface area contributed by atoms with Gasteiger partial charge < -0.3 is 9.42 Å². The topological polar surface area (TPSA) is 103 Å². The molecule has 0 aliphatic rings. The van der Waals surface area contributed by atoms with E-state index in [1.165, 1.54) is 0 Å².